The molecule has 148 valence electrons. The Labute approximate surface area is 157 Å². The molecule has 4 rings (SSSR count). The van der Waals surface area contributed by atoms with E-state index in [1.807, 2.05) is 0 Å². The Balaban J connectivity index is 1.68. The third kappa shape index (κ3) is 3.17. The highest BCUT2D eigenvalue weighted by molar-refractivity contribution is 5.89. The predicted molar refractivity (Wildman–Crippen MR) is 92.3 cm³/mol. The van der Waals surface area contributed by atoms with Gasteiger partial charge in [0.1, 0.15) is 24.9 Å². The van der Waals surface area contributed by atoms with Crippen LogP contribution in [0.2, 0.25) is 0 Å². The molecule has 1 atom stereocenters. The fourth-order valence-corrected chi connectivity index (χ4v) is 3.02. The largest absolute Gasteiger partial charge is 0.489 e. The normalized spacial score (nSPS) is 18.2. The topological polar surface area (TPSA) is 125 Å². The van der Waals surface area contributed by atoms with Gasteiger partial charge in [-0.15, -0.1) is 0 Å². The maximum atomic E-state index is 13.2. The molecule has 4 heterocycles. The number of nitrogens with two attached hydrogens (primary N) is 1. The number of fused-ring (bicyclic) bond motifs is 3. The smallest absolute Gasteiger partial charge is 0.416 e. The molecule has 1 fully saturated rings. The maximum absolute atomic E-state index is 13.2. The van der Waals surface area contributed by atoms with E-state index in [1.165, 1.54) is 12.4 Å². The highest BCUT2D eigenvalue weighted by Gasteiger charge is 2.42. The number of rotatable bonds is 5. The molecule has 2 aromatic heterocycles. The van der Waals surface area contributed by atoms with E-state index in [0.717, 1.165) is 4.90 Å². The number of pyridine rings is 1. The molecule has 0 spiro atoms. The number of nitrogens with zero attached hydrogens (tertiary/aromatic N) is 4. The van der Waals surface area contributed by atoms with Gasteiger partial charge in [-0.1, -0.05) is 0 Å². The van der Waals surface area contributed by atoms with Gasteiger partial charge in [0.15, 0.2) is 17.4 Å². The van der Waals surface area contributed by atoms with Crippen molar-refractivity contribution < 1.29 is 27.8 Å². The lowest BCUT2D eigenvalue weighted by Crippen LogP contribution is -2.38. The van der Waals surface area contributed by atoms with Gasteiger partial charge in [0.2, 0.25) is 5.91 Å². The van der Waals surface area contributed by atoms with Gasteiger partial charge in [0.05, 0.1) is 25.0 Å². The second-order valence-corrected chi connectivity index (χ2v) is 6.20. The number of ether oxygens (including phenoxy) is 2. The fourth-order valence-electron chi connectivity index (χ4n) is 3.02. The summed E-state index contributed by atoms with van der Waals surface area (Å²) in [5.41, 5.74) is 6.02. The molecular weight excluding hydrogens is 378 g/mol. The van der Waals surface area contributed by atoms with Gasteiger partial charge < -0.3 is 25.1 Å². The van der Waals surface area contributed by atoms with Gasteiger partial charge in [-0.2, -0.15) is 0 Å². The molecule has 2 amide bonds. The van der Waals surface area contributed by atoms with Crippen molar-refractivity contribution in [3.05, 3.63) is 18.5 Å². The molecule has 0 aliphatic carbocycles. The average molecular weight is 394 g/mol. The van der Waals surface area contributed by atoms with Crippen molar-refractivity contribution in [1.29, 1.82) is 0 Å². The van der Waals surface area contributed by atoms with E-state index >= 15 is 0 Å². The quantitative estimate of drug-likeness (QED) is 0.769. The summed E-state index contributed by atoms with van der Waals surface area (Å²) in [5.74, 6) is 0.312. The molecule has 0 saturated carbocycles. The van der Waals surface area contributed by atoms with Crippen molar-refractivity contribution in [2.24, 2.45) is 5.73 Å². The molecule has 28 heavy (non-hydrogen) atoms. The summed E-state index contributed by atoms with van der Waals surface area (Å²) in [6, 6.07) is 0.247. The Morgan fingerprint density at radius 2 is 2.25 bits per heavy atom. The molecule has 10 nitrogen and oxygen atoms in total. The third-order valence-electron chi connectivity index (χ3n) is 4.33. The van der Waals surface area contributed by atoms with E-state index < -0.39 is 31.1 Å². The number of halogens is 2. The third-order valence-corrected chi connectivity index (χ3v) is 4.33. The summed E-state index contributed by atoms with van der Waals surface area (Å²) in [6.07, 6.45) is -0.660. The highest BCUT2D eigenvalue weighted by Crippen LogP contribution is 2.35. The molecule has 1 saturated heterocycles. The Kier molecular flexibility index (Phi) is 4.45. The number of nitrogens with one attached hydrogen (secondary N) is 1. The van der Waals surface area contributed by atoms with E-state index in [1.54, 1.807) is 10.6 Å². The number of anilines is 2. The van der Waals surface area contributed by atoms with Crippen LogP contribution in [0.5, 0.6) is 5.75 Å². The minimum Gasteiger partial charge on any atom is -0.489 e. The van der Waals surface area contributed by atoms with Crippen LogP contribution in [0.15, 0.2) is 18.5 Å². The summed E-state index contributed by atoms with van der Waals surface area (Å²) >= 11 is 0. The lowest BCUT2D eigenvalue weighted by Gasteiger charge is -2.17. The number of cyclic esters (lactones) is 1. The molecule has 2 aliphatic heterocycles. The van der Waals surface area contributed by atoms with Crippen molar-refractivity contribution >= 4 is 23.5 Å². The van der Waals surface area contributed by atoms with E-state index in [0.29, 0.717) is 29.5 Å². The Morgan fingerprint density at radius 1 is 1.43 bits per heavy atom. The fraction of sp³-hybridized carbons (Fsp3) is 0.375. The molecule has 0 bridgehead atoms. The van der Waals surface area contributed by atoms with Gasteiger partial charge >= 0.3 is 6.09 Å². The number of hydrogen-bond donors (Lipinski definition) is 2. The summed E-state index contributed by atoms with van der Waals surface area (Å²) in [7, 11) is 0. The van der Waals surface area contributed by atoms with Crippen molar-refractivity contribution in [3.8, 4) is 17.3 Å². The first-order valence-corrected chi connectivity index (χ1v) is 8.40. The summed E-state index contributed by atoms with van der Waals surface area (Å²) in [4.78, 5) is 32.3. The second kappa shape index (κ2) is 6.94. The van der Waals surface area contributed by atoms with Crippen LogP contribution in [0, 0.1) is 0 Å². The van der Waals surface area contributed by atoms with Gasteiger partial charge in [0.25, 0.3) is 6.43 Å². The minimum atomic E-state index is -2.76. The van der Waals surface area contributed by atoms with Crippen LogP contribution in [0.4, 0.5) is 25.1 Å². The number of hydrogen-bond acceptors (Lipinski definition) is 7. The SMILES string of the molecule is NC(=O)CNc1cnc2c(c1)OCCn1cc(N3C(=O)OCC3C(F)F)nc1-2. The van der Waals surface area contributed by atoms with Crippen LogP contribution in [-0.4, -0.2) is 58.8 Å². The van der Waals surface area contributed by atoms with Crippen molar-refractivity contribution in [1.82, 2.24) is 14.5 Å². The molecule has 0 radical (unpaired) electrons. The lowest BCUT2D eigenvalue weighted by atomic mass is 10.3. The van der Waals surface area contributed by atoms with Crippen molar-refractivity contribution in [2.75, 3.05) is 30.0 Å². The van der Waals surface area contributed by atoms with Crippen LogP contribution >= 0.6 is 0 Å². The molecule has 3 N–H and O–H groups in total. The zero-order valence-electron chi connectivity index (χ0n) is 14.5. The number of amides is 2. The Bertz CT molecular complexity index is 934. The van der Waals surface area contributed by atoms with E-state index in [-0.39, 0.29) is 19.0 Å². The van der Waals surface area contributed by atoms with Crippen LogP contribution < -0.4 is 20.7 Å². The maximum Gasteiger partial charge on any atom is 0.416 e. The van der Waals surface area contributed by atoms with Crippen LogP contribution in [0.25, 0.3) is 11.5 Å². The molecule has 2 aliphatic rings. The Morgan fingerprint density at radius 3 is 3.00 bits per heavy atom. The van der Waals surface area contributed by atoms with E-state index in [2.05, 4.69) is 15.3 Å². The van der Waals surface area contributed by atoms with Crippen molar-refractivity contribution in [2.45, 2.75) is 19.0 Å². The molecule has 12 heteroatoms. The first-order valence-electron chi connectivity index (χ1n) is 8.40. The number of alkyl halides is 2. The van der Waals surface area contributed by atoms with Crippen LogP contribution in [0.3, 0.4) is 0 Å². The second-order valence-electron chi connectivity index (χ2n) is 6.20. The van der Waals surface area contributed by atoms with Gasteiger partial charge in [0, 0.05) is 12.3 Å². The lowest BCUT2D eigenvalue weighted by molar-refractivity contribution is -0.116. The zero-order valence-corrected chi connectivity index (χ0v) is 14.5. The number of primary amides is 1. The van der Waals surface area contributed by atoms with Crippen LogP contribution in [0.1, 0.15) is 0 Å². The zero-order chi connectivity index (χ0) is 19.8. The Hall–Kier alpha value is -3.44. The number of aromatic nitrogens is 3. The minimum absolute atomic E-state index is 0.0633. The predicted octanol–water partition coefficient (Wildman–Crippen LogP) is 0.825. The van der Waals surface area contributed by atoms with Gasteiger partial charge in [-0.25, -0.2) is 28.4 Å². The molecule has 2 aromatic rings. The van der Waals surface area contributed by atoms with Gasteiger partial charge in [-0.3, -0.25) is 4.79 Å². The van der Waals surface area contributed by atoms with Gasteiger partial charge in [-0.05, 0) is 0 Å². The standard InChI is InChI=1S/C16H16F2N6O4/c17-14(18)9-7-28-16(26)24(9)12-6-23-1-2-27-10-3-8(20-5-11(19)25)4-21-13(10)15(23)22-12/h3-4,6,9,14,20H,1-2,5,7H2,(H2,19,25). The van der Waals surface area contributed by atoms with E-state index in [9.17, 15) is 18.4 Å². The van der Waals surface area contributed by atoms with Crippen molar-refractivity contribution in [3.63, 3.8) is 0 Å². The summed E-state index contributed by atoms with van der Waals surface area (Å²) in [5, 5.41) is 2.82. The summed E-state index contributed by atoms with van der Waals surface area (Å²) in [6.45, 7) is 0.196. The molecule has 0 aromatic carbocycles. The number of carbonyl (C=O) groups excluding carboxylic acids is 2. The average Bonchev–Trinajstić information content (AvgIpc) is 3.19. The summed E-state index contributed by atoms with van der Waals surface area (Å²) < 4.78 is 38.6. The molecule has 1 unspecified atom stereocenters. The monoisotopic (exact) mass is 394 g/mol. The first kappa shape index (κ1) is 17.9. The first-order chi connectivity index (χ1) is 13.4. The highest BCUT2D eigenvalue weighted by atomic mass is 19.3. The van der Waals surface area contributed by atoms with E-state index in [4.69, 9.17) is 15.2 Å². The number of imidazole rings is 1. The van der Waals surface area contributed by atoms with Crippen LogP contribution in [-0.2, 0) is 16.1 Å². The number of carbonyl (C=O) groups is 2. The molecular formula is C16H16F2N6O4.